The Bertz CT molecular complexity index is 1170. The monoisotopic (exact) mass is 442 g/mol. The third-order valence-electron chi connectivity index (χ3n) is 5.74. The van der Waals surface area contributed by atoms with Gasteiger partial charge in [0.1, 0.15) is 6.04 Å². The number of aryl methyl sites for hydroxylation is 1. The highest BCUT2D eigenvalue weighted by Crippen LogP contribution is 2.28. The summed E-state index contributed by atoms with van der Waals surface area (Å²) >= 11 is 0. The molecule has 1 aliphatic rings. The van der Waals surface area contributed by atoms with E-state index >= 15 is 0 Å². The lowest BCUT2D eigenvalue weighted by Crippen LogP contribution is -2.53. The minimum Gasteiger partial charge on any atom is -0.366 e. The lowest BCUT2D eigenvalue weighted by Gasteiger charge is -2.32. The van der Waals surface area contributed by atoms with Crippen LogP contribution in [0.2, 0.25) is 0 Å². The summed E-state index contributed by atoms with van der Waals surface area (Å²) in [6.45, 7) is 2.55. The molecule has 0 saturated carbocycles. The van der Waals surface area contributed by atoms with Crippen LogP contribution in [0.4, 0.5) is 16.2 Å². The first-order valence-electron chi connectivity index (χ1n) is 10.9. The summed E-state index contributed by atoms with van der Waals surface area (Å²) < 4.78 is 0. The van der Waals surface area contributed by atoms with E-state index in [1.54, 1.807) is 17.0 Å². The standard InChI is InChI=1S/C26H26N4O3/c1-17-8-12-19(13-9-17)28-26(33)29-23-7-4-16-30(25(23)32)20-14-10-18(11-15-20)21-5-2-3-6-22(21)24(27)31/h2-3,5-6,8-15,23H,4,7,16H2,1H3,(H2,27,31)(H2,28,29,33)/t23-/m0/s1. The number of rotatable bonds is 5. The van der Waals surface area contributed by atoms with Gasteiger partial charge in [-0.15, -0.1) is 0 Å². The second-order valence-corrected chi connectivity index (χ2v) is 8.11. The Labute approximate surface area is 192 Å². The number of nitrogens with two attached hydrogens (primary N) is 1. The number of piperidine rings is 1. The summed E-state index contributed by atoms with van der Waals surface area (Å²) in [5.41, 5.74) is 10.0. The highest BCUT2D eigenvalue weighted by molar-refractivity contribution is 6.02. The Hall–Kier alpha value is -4.13. The van der Waals surface area contributed by atoms with Gasteiger partial charge in [-0.1, -0.05) is 48.0 Å². The average molecular weight is 443 g/mol. The first kappa shape index (κ1) is 22.1. The molecule has 0 spiro atoms. The zero-order chi connectivity index (χ0) is 23.4. The van der Waals surface area contributed by atoms with E-state index in [-0.39, 0.29) is 5.91 Å². The molecule has 4 N–H and O–H groups in total. The predicted octanol–water partition coefficient (Wildman–Crippen LogP) is 4.08. The molecule has 1 saturated heterocycles. The summed E-state index contributed by atoms with van der Waals surface area (Å²) in [5, 5.41) is 5.57. The van der Waals surface area contributed by atoms with Gasteiger partial charge in [0, 0.05) is 23.5 Å². The molecule has 1 heterocycles. The molecule has 0 aromatic heterocycles. The maximum Gasteiger partial charge on any atom is 0.319 e. The second-order valence-electron chi connectivity index (χ2n) is 8.11. The Morgan fingerprint density at radius 2 is 1.67 bits per heavy atom. The number of anilines is 2. The van der Waals surface area contributed by atoms with Crippen molar-refractivity contribution in [2.75, 3.05) is 16.8 Å². The topological polar surface area (TPSA) is 105 Å². The number of urea groups is 1. The van der Waals surface area contributed by atoms with Crippen LogP contribution in [-0.2, 0) is 4.79 Å². The average Bonchev–Trinajstić information content (AvgIpc) is 2.82. The van der Waals surface area contributed by atoms with E-state index in [9.17, 15) is 14.4 Å². The largest absolute Gasteiger partial charge is 0.366 e. The van der Waals surface area contributed by atoms with Crippen molar-refractivity contribution >= 4 is 29.2 Å². The summed E-state index contributed by atoms with van der Waals surface area (Å²) in [6.07, 6.45) is 1.36. The van der Waals surface area contributed by atoms with E-state index in [1.165, 1.54) is 0 Å². The quantitative estimate of drug-likeness (QED) is 0.554. The number of primary amides is 1. The molecule has 168 valence electrons. The molecule has 0 unspecified atom stereocenters. The zero-order valence-electron chi connectivity index (χ0n) is 18.4. The van der Waals surface area contributed by atoms with Gasteiger partial charge in [0.25, 0.3) is 0 Å². The lowest BCUT2D eigenvalue weighted by molar-refractivity contribution is -0.121. The van der Waals surface area contributed by atoms with Crippen LogP contribution in [0.1, 0.15) is 28.8 Å². The molecule has 1 fully saturated rings. The van der Waals surface area contributed by atoms with Crippen molar-refractivity contribution in [2.45, 2.75) is 25.8 Å². The minimum atomic E-state index is -0.598. The van der Waals surface area contributed by atoms with Crippen molar-refractivity contribution < 1.29 is 14.4 Å². The van der Waals surface area contributed by atoms with Crippen molar-refractivity contribution in [2.24, 2.45) is 5.73 Å². The maximum atomic E-state index is 13.1. The molecule has 0 bridgehead atoms. The van der Waals surface area contributed by atoms with E-state index in [1.807, 2.05) is 67.6 Å². The number of nitrogens with zero attached hydrogens (tertiary/aromatic N) is 1. The third kappa shape index (κ3) is 5.03. The van der Waals surface area contributed by atoms with Crippen molar-refractivity contribution in [3.8, 4) is 11.1 Å². The number of hydrogen-bond acceptors (Lipinski definition) is 3. The normalized spacial score (nSPS) is 15.7. The Morgan fingerprint density at radius 1 is 0.970 bits per heavy atom. The molecular formula is C26H26N4O3. The first-order valence-corrected chi connectivity index (χ1v) is 10.9. The lowest BCUT2D eigenvalue weighted by atomic mass is 9.98. The zero-order valence-corrected chi connectivity index (χ0v) is 18.4. The minimum absolute atomic E-state index is 0.148. The Balaban J connectivity index is 1.45. The molecule has 0 aliphatic carbocycles. The summed E-state index contributed by atoms with van der Waals surface area (Å²) in [5.74, 6) is -0.635. The van der Waals surface area contributed by atoms with E-state index in [0.717, 1.165) is 28.8 Å². The summed E-state index contributed by atoms with van der Waals surface area (Å²) in [7, 11) is 0. The van der Waals surface area contributed by atoms with Crippen LogP contribution >= 0.6 is 0 Å². The van der Waals surface area contributed by atoms with Crippen LogP contribution < -0.4 is 21.3 Å². The van der Waals surface area contributed by atoms with Gasteiger partial charge >= 0.3 is 6.03 Å². The Morgan fingerprint density at radius 3 is 2.36 bits per heavy atom. The molecule has 3 aromatic carbocycles. The number of carbonyl (C=O) groups is 3. The van der Waals surface area contributed by atoms with Crippen LogP contribution in [0.3, 0.4) is 0 Å². The second kappa shape index (κ2) is 9.56. The smallest absolute Gasteiger partial charge is 0.319 e. The van der Waals surface area contributed by atoms with Gasteiger partial charge in [0.05, 0.1) is 0 Å². The SMILES string of the molecule is Cc1ccc(NC(=O)N[C@H]2CCCN(c3ccc(-c4ccccc4C(N)=O)cc3)C2=O)cc1. The van der Waals surface area contributed by atoms with Crippen LogP contribution in [0.15, 0.2) is 72.8 Å². The molecule has 7 heteroatoms. The van der Waals surface area contributed by atoms with Crippen LogP contribution in [0.25, 0.3) is 11.1 Å². The van der Waals surface area contributed by atoms with Crippen molar-refractivity contribution in [3.05, 3.63) is 83.9 Å². The molecule has 4 amide bonds. The number of benzene rings is 3. The fourth-order valence-electron chi connectivity index (χ4n) is 4.00. The van der Waals surface area contributed by atoms with Gasteiger partial charge < -0.3 is 21.3 Å². The fraction of sp³-hybridized carbons (Fsp3) is 0.192. The van der Waals surface area contributed by atoms with Crippen molar-refractivity contribution in [1.29, 1.82) is 0 Å². The van der Waals surface area contributed by atoms with Gasteiger partial charge in [-0.05, 0) is 61.2 Å². The van der Waals surface area contributed by atoms with Crippen molar-refractivity contribution in [1.82, 2.24) is 5.32 Å². The molecule has 1 aliphatic heterocycles. The summed E-state index contributed by atoms with van der Waals surface area (Å²) in [6, 6.07) is 21.0. The van der Waals surface area contributed by atoms with Gasteiger partial charge in [-0.25, -0.2) is 4.79 Å². The number of amides is 4. The third-order valence-corrected chi connectivity index (χ3v) is 5.74. The molecule has 1 atom stereocenters. The molecule has 0 radical (unpaired) electrons. The molecule has 3 aromatic rings. The number of carbonyl (C=O) groups excluding carboxylic acids is 3. The number of hydrogen-bond donors (Lipinski definition) is 3. The van der Waals surface area contributed by atoms with Crippen LogP contribution in [-0.4, -0.2) is 30.4 Å². The highest BCUT2D eigenvalue weighted by atomic mass is 16.2. The highest BCUT2D eigenvalue weighted by Gasteiger charge is 2.30. The molecule has 7 nitrogen and oxygen atoms in total. The van der Waals surface area contributed by atoms with E-state index in [4.69, 9.17) is 5.73 Å². The van der Waals surface area contributed by atoms with Crippen molar-refractivity contribution in [3.63, 3.8) is 0 Å². The molecular weight excluding hydrogens is 416 g/mol. The maximum absolute atomic E-state index is 13.1. The molecule has 33 heavy (non-hydrogen) atoms. The van der Waals surface area contributed by atoms with E-state index in [0.29, 0.717) is 24.2 Å². The Kier molecular flexibility index (Phi) is 6.40. The number of nitrogens with one attached hydrogen (secondary N) is 2. The first-order chi connectivity index (χ1) is 15.9. The fourth-order valence-corrected chi connectivity index (χ4v) is 4.00. The van der Waals surface area contributed by atoms with E-state index in [2.05, 4.69) is 10.6 Å². The van der Waals surface area contributed by atoms with Gasteiger partial charge in [0.15, 0.2) is 0 Å². The predicted molar refractivity (Wildman–Crippen MR) is 129 cm³/mol. The van der Waals surface area contributed by atoms with Crippen LogP contribution in [0.5, 0.6) is 0 Å². The summed E-state index contributed by atoms with van der Waals surface area (Å²) in [4.78, 5) is 38.9. The van der Waals surface area contributed by atoms with E-state index < -0.39 is 18.0 Å². The van der Waals surface area contributed by atoms with Crippen LogP contribution in [0, 0.1) is 6.92 Å². The van der Waals surface area contributed by atoms with Gasteiger partial charge in [-0.2, -0.15) is 0 Å². The van der Waals surface area contributed by atoms with Gasteiger partial charge in [0.2, 0.25) is 11.8 Å². The molecule has 4 rings (SSSR count). The van der Waals surface area contributed by atoms with Gasteiger partial charge in [-0.3, -0.25) is 9.59 Å².